The molecular formula is C17H24N4O10S2. The van der Waals surface area contributed by atoms with Crippen molar-refractivity contribution in [1.82, 2.24) is 15.0 Å². The second-order valence-electron chi connectivity index (χ2n) is 7.11. The van der Waals surface area contributed by atoms with Crippen LogP contribution in [-0.4, -0.2) is 88.6 Å². The molecule has 0 aliphatic carbocycles. The lowest BCUT2D eigenvalue weighted by Crippen LogP contribution is -2.63. The maximum Gasteiger partial charge on any atom is 0.370 e. The predicted octanol–water partition coefficient (Wildman–Crippen LogP) is -2.36. The summed E-state index contributed by atoms with van der Waals surface area (Å²) in [5, 5.41) is 43.4. The number of aliphatic hydroxyl groups excluding tert-OH is 3. The van der Waals surface area contributed by atoms with Crippen LogP contribution in [0.25, 0.3) is 0 Å². The number of nitrogens with one attached hydrogen (secondary N) is 3. The molecule has 0 bridgehead atoms. The molecular weight excluding hydrogens is 484 g/mol. The van der Waals surface area contributed by atoms with Gasteiger partial charge in [-0.25, -0.2) is 22.9 Å². The quantitative estimate of drug-likeness (QED) is 0.187. The summed E-state index contributed by atoms with van der Waals surface area (Å²) in [7, 11) is -4.38. The summed E-state index contributed by atoms with van der Waals surface area (Å²) in [6, 6.07) is -2.82. The average molecular weight is 509 g/mol. The third-order valence-corrected chi connectivity index (χ3v) is 7.55. The Morgan fingerprint density at radius 3 is 2.39 bits per heavy atom. The van der Waals surface area contributed by atoms with Gasteiger partial charge in [0, 0.05) is 13.8 Å². The molecule has 0 unspecified atom stereocenters. The summed E-state index contributed by atoms with van der Waals surface area (Å²) in [5.41, 5.74) is 0.0501. The van der Waals surface area contributed by atoms with E-state index in [9.17, 15) is 38.1 Å². The van der Waals surface area contributed by atoms with E-state index >= 15 is 0 Å². The summed E-state index contributed by atoms with van der Waals surface area (Å²) < 4.78 is 33.3. The number of carbonyl (C=O) groups excluding carboxylic acids is 2. The maximum absolute atomic E-state index is 13.1. The second-order valence-corrected chi connectivity index (χ2v) is 10.0. The Kier molecular flexibility index (Phi) is 8.50. The number of carboxylic acids is 1. The van der Waals surface area contributed by atoms with Gasteiger partial charge in [0.05, 0.1) is 24.4 Å². The highest BCUT2D eigenvalue weighted by molar-refractivity contribution is 7.91. The van der Waals surface area contributed by atoms with Crippen LogP contribution in [0.15, 0.2) is 16.0 Å². The average Bonchev–Trinajstić information content (AvgIpc) is 3.07. The lowest BCUT2D eigenvalue weighted by Gasteiger charge is -2.39. The molecule has 0 saturated carbocycles. The standard InChI is InChI=1S/C17H24N4O10S2/c1-6-16(32-17(18-6)20-8(3)24)33(29,30)21-9-4-11(15(27)28)31-14(12(9)19-7(2)23)13(26)10(25)5-22/h4,9-10,12-14,21-22,25-26H,5H2,1-3H3,(H,19,23)(H,27,28)(H,18,20,24)/t9-,10+,12+,13+,14+/m0/s1. The molecule has 184 valence electrons. The fourth-order valence-corrected chi connectivity index (χ4v) is 5.72. The Bertz CT molecular complexity index is 1050. The molecule has 5 atom stereocenters. The first-order valence-corrected chi connectivity index (χ1v) is 11.7. The zero-order valence-electron chi connectivity index (χ0n) is 17.7. The number of aliphatic carboxylic acids is 1. The Morgan fingerprint density at radius 1 is 1.24 bits per heavy atom. The van der Waals surface area contributed by atoms with E-state index in [-0.39, 0.29) is 15.0 Å². The molecule has 2 rings (SSSR count). The molecule has 1 aliphatic heterocycles. The van der Waals surface area contributed by atoms with Crippen molar-refractivity contribution in [1.29, 1.82) is 0 Å². The number of carboxylic acid groups (broad SMARTS) is 1. The first kappa shape index (κ1) is 26.6. The van der Waals surface area contributed by atoms with Crippen LogP contribution in [0, 0.1) is 6.92 Å². The largest absolute Gasteiger partial charge is 0.478 e. The van der Waals surface area contributed by atoms with Crippen LogP contribution in [0.3, 0.4) is 0 Å². The number of aromatic nitrogens is 1. The van der Waals surface area contributed by atoms with Crippen molar-refractivity contribution in [3.63, 3.8) is 0 Å². The van der Waals surface area contributed by atoms with E-state index in [0.717, 1.165) is 13.0 Å². The van der Waals surface area contributed by atoms with Crippen molar-refractivity contribution in [2.75, 3.05) is 11.9 Å². The summed E-state index contributed by atoms with van der Waals surface area (Å²) >= 11 is 0.650. The molecule has 0 spiro atoms. The zero-order valence-corrected chi connectivity index (χ0v) is 19.3. The molecule has 0 radical (unpaired) electrons. The number of amides is 2. The third-order valence-electron chi connectivity index (χ3n) is 4.41. The second kappa shape index (κ2) is 10.5. The summed E-state index contributed by atoms with van der Waals surface area (Å²) in [5.74, 6) is -3.49. The lowest BCUT2D eigenvalue weighted by molar-refractivity contribution is -0.146. The molecule has 16 heteroatoms. The van der Waals surface area contributed by atoms with Gasteiger partial charge in [-0.1, -0.05) is 11.3 Å². The van der Waals surface area contributed by atoms with Crippen molar-refractivity contribution in [2.24, 2.45) is 0 Å². The predicted molar refractivity (Wildman–Crippen MR) is 113 cm³/mol. The lowest BCUT2D eigenvalue weighted by atomic mass is 9.92. The first-order chi connectivity index (χ1) is 15.3. The normalized spacial score (nSPS) is 22.5. The number of nitrogens with zero attached hydrogens (tertiary/aromatic N) is 1. The number of carbonyl (C=O) groups is 3. The molecule has 33 heavy (non-hydrogen) atoms. The van der Waals surface area contributed by atoms with Crippen LogP contribution in [0.4, 0.5) is 5.13 Å². The minimum Gasteiger partial charge on any atom is -0.478 e. The number of hydrogen-bond acceptors (Lipinski definition) is 11. The Labute approximate surface area is 192 Å². The van der Waals surface area contributed by atoms with Crippen LogP contribution in [0.2, 0.25) is 0 Å². The van der Waals surface area contributed by atoms with Crippen LogP contribution in [0.1, 0.15) is 19.5 Å². The zero-order chi connectivity index (χ0) is 25.1. The monoisotopic (exact) mass is 508 g/mol. The topological polar surface area (TPSA) is 224 Å². The van der Waals surface area contributed by atoms with Gasteiger partial charge in [0.25, 0.3) is 10.0 Å². The Morgan fingerprint density at radius 2 is 1.88 bits per heavy atom. The van der Waals surface area contributed by atoms with Crippen LogP contribution in [-0.2, 0) is 29.1 Å². The van der Waals surface area contributed by atoms with Crippen LogP contribution in [0.5, 0.6) is 0 Å². The van der Waals surface area contributed by atoms with Crippen molar-refractivity contribution >= 4 is 44.3 Å². The number of aliphatic hydroxyl groups is 3. The third kappa shape index (κ3) is 6.46. The van der Waals surface area contributed by atoms with Crippen molar-refractivity contribution in [3.05, 3.63) is 17.5 Å². The molecule has 2 heterocycles. The van der Waals surface area contributed by atoms with Gasteiger partial charge in [0.1, 0.15) is 18.3 Å². The van der Waals surface area contributed by atoms with Gasteiger partial charge >= 0.3 is 5.97 Å². The van der Waals surface area contributed by atoms with E-state index < -0.39 is 70.6 Å². The number of thiazole rings is 1. The van der Waals surface area contributed by atoms with E-state index in [4.69, 9.17) is 9.84 Å². The smallest absolute Gasteiger partial charge is 0.370 e. The minimum atomic E-state index is -4.38. The van der Waals surface area contributed by atoms with Crippen molar-refractivity contribution in [2.45, 2.75) is 55.4 Å². The highest BCUT2D eigenvalue weighted by Gasteiger charge is 2.45. The molecule has 14 nitrogen and oxygen atoms in total. The van der Waals surface area contributed by atoms with Crippen molar-refractivity contribution < 1.29 is 48.0 Å². The van der Waals surface area contributed by atoms with E-state index in [2.05, 4.69) is 20.3 Å². The summed E-state index contributed by atoms with van der Waals surface area (Å²) in [6.07, 6.45) is -4.42. The number of anilines is 1. The van der Waals surface area contributed by atoms with Gasteiger partial charge in [-0.2, -0.15) is 0 Å². The molecule has 0 saturated heterocycles. The maximum atomic E-state index is 13.1. The SMILES string of the molecule is CC(=O)Nc1nc(C)c(S(=O)(=O)N[C@H]2C=C(C(=O)O)O[C@@H]([C@H](O)[C@H](O)CO)[C@@H]2NC(C)=O)s1. The van der Waals surface area contributed by atoms with Crippen LogP contribution < -0.4 is 15.4 Å². The minimum absolute atomic E-state index is 0.0203. The van der Waals surface area contributed by atoms with Gasteiger partial charge in [-0.3, -0.25) is 9.59 Å². The van der Waals surface area contributed by atoms with E-state index in [1.807, 2.05) is 0 Å². The van der Waals surface area contributed by atoms with Gasteiger partial charge in [-0.05, 0) is 13.0 Å². The van der Waals surface area contributed by atoms with E-state index in [0.29, 0.717) is 11.3 Å². The van der Waals surface area contributed by atoms with Gasteiger partial charge in [0.2, 0.25) is 17.6 Å². The number of rotatable bonds is 9. The number of sulfonamides is 1. The van der Waals surface area contributed by atoms with Gasteiger partial charge in [-0.15, -0.1) is 0 Å². The molecule has 0 fully saturated rings. The van der Waals surface area contributed by atoms with Crippen LogP contribution >= 0.6 is 11.3 Å². The highest BCUT2D eigenvalue weighted by Crippen LogP contribution is 2.29. The molecule has 1 aromatic heterocycles. The molecule has 2 amide bonds. The number of hydrogen-bond donors (Lipinski definition) is 7. The van der Waals surface area contributed by atoms with Gasteiger partial charge in [0.15, 0.2) is 9.34 Å². The van der Waals surface area contributed by atoms with E-state index in [1.54, 1.807) is 0 Å². The summed E-state index contributed by atoms with van der Waals surface area (Å²) in [4.78, 5) is 38.5. The molecule has 7 N–H and O–H groups in total. The van der Waals surface area contributed by atoms with Crippen molar-refractivity contribution in [3.8, 4) is 0 Å². The Hall–Kier alpha value is -2.63. The molecule has 0 aromatic carbocycles. The fraction of sp³-hybridized carbons (Fsp3) is 0.529. The number of aryl methyl sites for hydroxylation is 1. The summed E-state index contributed by atoms with van der Waals surface area (Å²) in [6.45, 7) is 2.78. The van der Waals surface area contributed by atoms with Gasteiger partial charge < -0.3 is 35.8 Å². The molecule has 1 aromatic rings. The first-order valence-electron chi connectivity index (χ1n) is 9.40. The van der Waals surface area contributed by atoms with E-state index in [1.165, 1.54) is 13.8 Å². The highest BCUT2D eigenvalue weighted by atomic mass is 32.2. The number of ether oxygens (including phenoxy) is 1. The Balaban J connectivity index is 2.49. The fourth-order valence-electron chi connectivity index (χ4n) is 3.04. The molecule has 1 aliphatic rings.